The lowest BCUT2D eigenvalue weighted by Crippen LogP contribution is -2.42. The molecule has 1 fully saturated rings. The van der Waals surface area contributed by atoms with E-state index in [2.05, 4.69) is 15.5 Å². The predicted molar refractivity (Wildman–Crippen MR) is 138 cm³/mol. The van der Waals surface area contributed by atoms with Gasteiger partial charge in [0.25, 0.3) is 0 Å². The monoisotopic (exact) mass is 478 g/mol. The van der Waals surface area contributed by atoms with Crippen molar-refractivity contribution < 1.29 is 14.3 Å². The van der Waals surface area contributed by atoms with E-state index in [1.165, 1.54) is 0 Å². The third-order valence-electron chi connectivity index (χ3n) is 6.07. The van der Waals surface area contributed by atoms with Crippen LogP contribution in [0.15, 0.2) is 58.7 Å². The number of anilines is 2. The minimum Gasteiger partial charge on any atom is -0.463 e. The lowest BCUT2D eigenvalue weighted by Gasteiger charge is -2.40. The third kappa shape index (κ3) is 4.97. The molecule has 2 aliphatic heterocycles. The van der Waals surface area contributed by atoms with Crippen LogP contribution in [0.5, 0.6) is 0 Å². The number of aliphatic imine (C=N–C) groups is 1. The van der Waals surface area contributed by atoms with E-state index in [-0.39, 0.29) is 18.0 Å². The first-order valence-corrected chi connectivity index (χ1v) is 12.5. The minimum atomic E-state index is -0.352. The van der Waals surface area contributed by atoms with E-state index in [4.69, 9.17) is 9.73 Å². The standard InChI is InChI=1S/C26H30N4O3S/c1-5-33-24(31)22-18(4)27-26-30(13-8-14-34-26)23(22)19-10-7-11-20(15-19)28-25(32)29-21-12-6-9-16(2)17(21)3/h6-7,9-12,15,23H,5,8,13-14H2,1-4H3,(H2,28,29,32). The summed E-state index contributed by atoms with van der Waals surface area (Å²) in [6.07, 6.45) is 1.01. The summed E-state index contributed by atoms with van der Waals surface area (Å²) in [6.45, 7) is 8.76. The number of hydrogen-bond donors (Lipinski definition) is 2. The number of fused-ring (bicyclic) bond motifs is 1. The number of rotatable bonds is 5. The highest BCUT2D eigenvalue weighted by Gasteiger charge is 2.37. The number of aryl methyl sites for hydroxylation is 1. The fourth-order valence-corrected chi connectivity index (χ4v) is 5.26. The van der Waals surface area contributed by atoms with E-state index in [1.807, 2.05) is 63.2 Å². The molecule has 0 spiro atoms. The molecule has 2 amide bonds. The molecule has 2 heterocycles. The second-order valence-electron chi connectivity index (χ2n) is 8.36. The molecule has 8 heteroatoms. The van der Waals surface area contributed by atoms with E-state index in [0.29, 0.717) is 23.6 Å². The zero-order chi connectivity index (χ0) is 24.2. The number of amidine groups is 1. The molecular formula is C26H30N4O3S. The number of hydrogen-bond acceptors (Lipinski definition) is 6. The van der Waals surface area contributed by atoms with Crippen molar-refractivity contribution in [1.82, 2.24) is 4.90 Å². The number of allylic oxidation sites excluding steroid dienone is 1. The summed E-state index contributed by atoms with van der Waals surface area (Å²) >= 11 is 1.70. The van der Waals surface area contributed by atoms with Gasteiger partial charge in [-0.2, -0.15) is 0 Å². The Morgan fingerprint density at radius 1 is 1.15 bits per heavy atom. The molecule has 2 aliphatic rings. The molecular weight excluding hydrogens is 448 g/mol. The lowest BCUT2D eigenvalue weighted by molar-refractivity contribution is -0.139. The van der Waals surface area contributed by atoms with Crippen molar-refractivity contribution in [3.8, 4) is 0 Å². The number of carbonyl (C=O) groups is 2. The summed E-state index contributed by atoms with van der Waals surface area (Å²) in [5.74, 6) is 0.652. The topological polar surface area (TPSA) is 83.0 Å². The molecule has 2 aromatic rings. The maximum Gasteiger partial charge on any atom is 0.338 e. The van der Waals surface area contributed by atoms with Crippen LogP contribution in [-0.4, -0.2) is 41.0 Å². The maximum absolute atomic E-state index is 12.9. The number of amides is 2. The number of ether oxygens (including phenoxy) is 1. The Kier molecular flexibility index (Phi) is 7.26. The lowest BCUT2D eigenvalue weighted by atomic mass is 9.94. The Hall–Kier alpha value is -3.26. The van der Waals surface area contributed by atoms with Crippen LogP contribution in [0.1, 0.15) is 43.0 Å². The summed E-state index contributed by atoms with van der Waals surface area (Å²) in [4.78, 5) is 32.5. The van der Waals surface area contributed by atoms with E-state index < -0.39 is 0 Å². The van der Waals surface area contributed by atoms with Gasteiger partial charge in [0.05, 0.1) is 23.9 Å². The van der Waals surface area contributed by atoms with Gasteiger partial charge in [-0.05, 0) is 69.0 Å². The minimum absolute atomic E-state index is 0.299. The van der Waals surface area contributed by atoms with Crippen LogP contribution < -0.4 is 10.6 Å². The maximum atomic E-state index is 12.9. The van der Waals surface area contributed by atoms with Crippen molar-refractivity contribution >= 4 is 40.3 Å². The molecule has 0 aliphatic carbocycles. The Balaban J connectivity index is 1.62. The molecule has 7 nitrogen and oxygen atoms in total. The molecule has 178 valence electrons. The highest BCUT2D eigenvalue weighted by molar-refractivity contribution is 8.13. The SMILES string of the molecule is CCOC(=O)C1=C(C)N=C2SCCCN2C1c1cccc(NC(=O)Nc2cccc(C)c2C)c1. The molecule has 2 aromatic carbocycles. The van der Waals surface area contributed by atoms with Crippen LogP contribution >= 0.6 is 11.8 Å². The van der Waals surface area contributed by atoms with Gasteiger partial charge in [0.2, 0.25) is 0 Å². The van der Waals surface area contributed by atoms with Gasteiger partial charge in [-0.3, -0.25) is 0 Å². The van der Waals surface area contributed by atoms with Gasteiger partial charge in [0.1, 0.15) is 0 Å². The van der Waals surface area contributed by atoms with Crippen molar-refractivity contribution in [2.45, 2.75) is 40.2 Å². The molecule has 2 N–H and O–H groups in total. The number of nitrogens with zero attached hydrogens (tertiary/aromatic N) is 2. The number of nitrogens with one attached hydrogen (secondary N) is 2. The quantitative estimate of drug-likeness (QED) is 0.544. The van der Waals surface area contributed by atoms with E-state index in [0.717, 1.165) is 46.3 Å². The number of urea groups is 1. The van der Waals surface area contributed by atoms with Gasteiger partial charge >= 0.3 is 12.0 Å². The van der Waals surface area contributed by atoms with Crippen LogP contribution in [-0.2, 0) is 9.53 Å². The summed E-state index contributed by atoms with van der Waals surface area (Å²) in [6, 6.07) is 12.8. The van der Waals surface area contributed by atoms with Gasteiger partial charge in [-0.15, -0.1) is 0 Å². The first kappa shape index (κ1) is 23.9. The number of benzene rings is 2. The molecule has 0 bridgehead atoms. The smallest absolute Gasteiger partial charge is 0.338 e. The van der Waals surface area contributed by atoms with E-state index >= 15 is 0 Å². The Morgan fingerprint density at radius 2 is 1.94 bits per heavy atom. The Labute approximate surface area is 204 Å². The zero-order valence-electron chi connectivity index (χ0n) is 20.0. The van der Waals surface area contributed by atoms with Crippen molar-refractivity contribution in [2.24, 2.45) is 4.99 Å². The molecule has 1 saturated heterocycles. The Morgan fingerprint density at radius 3 is 2.74 bits per heavy atom. The fourth-order valence-electron chi connectivity index (χ4n) is 4.24. The van der Waals surface area contributed by atoms with Gasteiger partial charge < -0.3 is 20.3 Å². The van der Waals surface area contributed by atoms with Crippen molar-refractivity contribution in [1.29, 1.82) is 0 Å². The number of carbonyl (C=O) groups excluding carboxylic acids is 2. The second kappa shape index (κ2) is 10.3. The normalized spacial score (nSPS) is 17.6. The van der Waals surface area contributed by atoms with Gasteiger partial charge in [0.15, 0.2) is 5.17 Å². The molecule has 4 rings (SSSR count). The summed E-state index contributed by atoms with van der Waals surface area (Å²) in [5.41, 5.74) is 5.69. The summed E-state index contributed by atoms with van der Waals surface area (Å²) < 4.78 is 5.39. The Bertz CT molecular complexity index is 1170. The van der Waals surface area contributed by atoms with Gasteiger partial charge in [-0.1, -0.05) is 36.0 Å². The summed E-state index contributed by atoms with van der Waals surface area (Å²) in [7, 11) is 0. The van der Waals surface area contributed by atoms with Crippen LogP contribution in [0.25, 0.3) is 0 Å². The molecule has 0 radical (unpaired) electrons. The number of esters is 1. The van der Waals surface area contributed by atoms with Crippen molar-refractivity contribution in [2.75, 3.05) is 29.5 Å². The third-order valence-corrected chi connectivity index (χ3v) is 7.14. The zero-order valence-corrected chi connectivity index (χ0v) is 20.8. The molecule has 1 unspecified atom stereocenters. The fraction of sp³-hybridized carbons (Fsp3) is 0.346. The first-order chi connectivity index (χ1) is 16.4. The van der Waals surface area contributed by atoms with Crippen molar-refractivity contribution in [3.63, 3.8) is 0 Å². The largest absolute Gasteiger partial charge is 0.463 e. The summed E-state index contributed by atoms with van der Waals surface area (Å²) in [5, 5.41) is 6.78. The van der Waals surface area contributed by atoms with Crippen LogP contribution in [0.2, 0.25) is 0 Å². The molecule has 0 aromatic heterocycles. The van der Waals surface area contributed by atoms with Gasteiger partial charge in [0, 0.05) is 23.7 Å². The van der Waals surface area contributed by atoms with Crippen LogP contribution in [0.4, 0.5) is 16.2 Å². The van der Waals surface area contributed by atoms with Crippen molar-refractivity contribution in [3.05, 3.63) is 70.4 Å². The van der Waals surface area contributed by atoms with E-state index in [1.54, 1.807) is 18.7 Å². The predicted octanol–water partition coefficient (Wildman–Crippen LogP) is 5.63. The van der Waals surface area contributed by atoms with Gasteiger partial charge in [-0.25, -0.2) is 14.6 Å². The highest BCUT2D eigenvalue weighted by atomic mass is 32.2. The first-order valence-electron chi connectivity index (χ1n) is 11.5. The van der Waals surface area contributed by atoms with Crippen LogP contribution in [0, 0.1) is 13.8 Å². The van der Waals surface area contributed by atoms with E-state index in [9.17, 15) is 9.59 Å². The van der Waals surface area contributed by atoms with Crippen LogP contribution in [0.3, 0.4) is 0 Å². The second-order valence-corrected chi connectivity index (χ2v) is 9.43. The number of thioether (sulfide) groups is 1. The molecule has 0 saturated carbocycles. The molecule has 1 atom stereocenters. The molecule has 34 heavy (non-hydrogen) atoms. The highest BCUT2D eigenvalue weighted by Crippen LogP contribution is 2.40. The average Bonchev–Trinajstić information content (AvgIpc) is 2.81. The average molecular weight is 479 g/mol.